The predicted octanol–water partition coefficient (Wildman–Crippen LogP) is 2.29. The Labute approximate surface area is 158 Å². The third kappa shape index (κ3) is 6.05. The molecule has 2 aromatic rings. The van der Waals surface area contributed by atoms with Crippen molar-refractivity contribution in [3.05, 3.63) is 35.7 Å². The number of rotatable bonds is 8. The average Bonchev–Trinajstić information content (AvgIpc) is 3.14. The molecule has 0 aliphatic carbocycles. The third-order valence-electron chi connectivity index (χ3n) is 3.57. The van der Waals surface area contributed by atoms with Crippen LogP contribution in [0.4, 0.5) is 13.2 Å². The average molecular weight is 401 g/mol. The Morgan fingerprint density at radius 3 is 2.43 bits per heavy atom. The molecule has 0 bridgehead atoms. The first-order chi connectivity index (χ1) is 13.2. The lowest BCUT2D eigenvalue weighted by molar-refractivity contribution is -0.159. The van der Waals surface area contributed by atoms with Crippen LogP contribution in [0.2, 0.25) is 0 Å². The summed E-state index contributed by atoms with van der Waals surface area (Å²) in [6.07, 6.45) is -4.71. The van der Waals surface area contributed by atoms with Crippen molar-refractivity contribution in [2.75, 3.05) is 26.9 Å². The number of carbonyl (C=O) groups is 2. The number of hydrogen-bond donors (Lipinski definition) is 0. The molecule has 1 aromatic heterocycles. The van der Waals surface area contributed by atoms with Crippen molar-refractivity contribution in [2.24, 2.45) is 0 Å². The van der Waals surface area contributed by atoms with Gasteiger partial charge in [-0.15, -0.1) is 0 Å². The second kappa shape index (κ2) is 9.31. The largest absolute Gasteiger partial charge is 0.471 e. The van der Waals surface area contributed by atoms with Crippen molar-refractivity contribution in [3.8, 4) is 11.4 Å². The molecule has 0 saturated carbocycles. The zero-order valence-electron chi connectivity index (χ0n) is 15.2. The molecule has 152 valence electrons. The van der Waals surface area contributed by atoms with E-state index in [0.29, 0.717) is 11.1 Å². The first-order valence-corrected chi connectivity index (χ1v) is 8.11. The van der Waals surface area contributed by atoms with Gasteiger partial charge in [-0.1, -0.05) is 29.4 Å². The van der Waals surface area contributed by atoms with E-state index in [-0.39, 0.29) is 32.1 Å². The van der Waals surface area contributed by atoms with Gasteiger partial charge >= 0.3 is 18.0 Å². The molecule has 8 nitrogen and oxygen atoms in total. The zero-order valence-corrected chi connectivity index (χ0v) is 15.2. The molecule has 1 amide bonds. The van der Waals surface area contributed by atoms with Crippen molar-refractivity contribution in [1.29, 1.82) is 0 Å². The summed E-state index contributed by atoms with van der Waals surface area (Å²) < 4.78 is 51.5. The van der Waals surface area contributed by atoms with Gasteiger partial charge < -0.3 is 18.9 Å². The minimum absolute atomic E-state index is 0.193. The van der Waals surface area contributed by atoms with Crippen LogP contribution in [-0.4, -0.2) is 53.8 Å². The Kier molecular flexibility index (Phi) is 7.10. The molecule has 0 N–H and O–H groups in total. The van der Waals surface area contributed by atoms with Crippen molar-refractivity contribution < 1.29 is 36.8 Å². The van der Waals surface area contributed by atoms with Crippen molar-refractivity contribution in [2.45, 2.75) is 19.6 Å². The van der Waals surface area contributed by atoms with Gasteiger partial charge in [0.05, 0.1) is 6.61 Å². The van der Waals surface area contributed by atoms with Crippen LogP contribution in [-0.2, 0) is 31.8 Å². The summed E-state index contributed by atoms with van der Waals surface area (Å²) >= 11 is 0. The molecule has 0 atom stereocenters. The fourth-order valence-electron chi connectivity index (χ4n) is 2.18. The second-order valence-corrected chi connectivity index (χ2v) is 5.71. The minimum Gasteiger partial charge on any atom is -0.456 e. The Morgan fingerprint density at radius 2 is 1.89 bits per heavy atom. The van der Waals surface area contributed by atoms with E-state index in [4.69, 9.17) is 9.47 Å². The van der Waals surface area contributed by atoms with Crippen LogP contribution in [0.3, 0.4) is 0 Å². The SMILES string of the molecule is COCCN(Cc1ccc(-c2noc(C(F)(F)F)n2)cc1)C(=O)COC(C)=O. The molecule has 0 spiro atoms. The molecular formula is C17H18F3N3O5. The van der Waals surface area contributed by atoms with Gasteiger partial charge in [-0.2, -0.15) is 18.2 Å². The number of esters is 1. The van der Waals surface area contributed by atoms with E-state index in [1.165, 1.54) is 31.1 Å². The van der Waals surface area contributed by atoms with E-state index >= 15 is 0 Å². The molecule has 1 aromatic carbocycles. The first-order valence-electron chi connectivity index (χ1n) is 8.11. The lowest BCUT2D eigenvalue weighted by Gasteiger charge is -2.22. The van der Waals surface area contributed by atoms with Gasteiger partial charge in [0.25, 0.3) is 5.91 Å². The molecule has 2 rings (SSSR count). The highest BCUT2D eigenvalue weighted by Crippen LogP contribution is 2.29. The van der Waals surface area contributed by atoms with E-state index in [2.05, 4.69) is 14.7 Å². The smallest absolute Gasteiger partial charge is 0.456 e. The summed E-state index contributed by atoms with van der Waals surface area (Å²) in [6, 6.07) is 6.28. The van der Waals surface area contributed by atoms with E-state index in [1.54, 1.807) is 12.1 Å². The van der Waals surface area contributed by atoms with Crippen LogP contribution in [0.5, 0.6) is 0 Å². The summed E-state index contributed by atoms with van der Waals surface area (Å²) in [5, 5.41) is 3.32. The molecule has 0 aliphatic rings. The van der Waals surface area contributed by atoms with Gasteiger partial charge in [0.2, 0.25) is 5.82 Å². The highest BCUT2D eigenvalue weighted by Gasteiger charge is 2.38. The number of methoxy groups -OCH3 is 1. The highest BCUT2D eigenvalue weighted by atomic mass is 19.4. The predicted molar refractivity (Wildman–Crippen MR) is 88.7 cm³/mol. The van der Waals surface area contributed by atoms with Crippen LogP contribution in [0, 0.1) is 0 Å². The molecule has 0 fully saturated rings. The topological polar surface area (TPSA) is 94.8 Å². The quantitative estimate of drug-likeness (QED) is 0.627. The second-order valence-electron chi connectivity index (χ2n) is 5.71. The fourth-order valence-corrected chi connectivity index (χ4v) is 2.18. The normalized spacial score (nSPS) is 11.3. The number of aromatic nitrogens is 2. The Hall–Kier alpha value is -2.95. The standard InChI is InChI=1S/C17H18F3N3O5/c1-11(24)27-10-14(25)23(7-8-26-2)9-12-3-5-13(6-4-12)15-21-16(28-22-15)17(18,19)20/h3-6H,7-10H2,1-2H3. The van der Waals surface area contributed by atoms with E-state index in [1.807, 2.05) is 0 Å². The summed E-state index contributed by atoms with van der Waals surface area (Å²) in [4.78, 5) is 27.8. The van der Waals surface area contributed by atoms with Gasteiger partial charge in [-0.3, -0.25) is 9.59 Å². The van der Waals surface area contributed by atoms with Gasteiger partial charge in [0, 0.05) is 32.7 Å². The molecule has 0 aliphatic heterocycles. The summed E-state index contributed by atoms with van der Waals surface area (Å²) in [5.74, 6) is -2.58. The summed E-state index contributed by atoms with van der Waals surface area (Å²) in [5.41, 5.74) is 1.04. The van der Waals surface area contributed by atoms with Gasteiger partial charge in [0.15, 0.2) is 6.61 Å². The maximum Gasteiger partial charge on any atom is 0.471 e. The molecule has 0 radical (unpaired) electrons. The maximum atomic E-state index is 12.5. The number of hydrogen-bond acceptors (Lipinski definition) is 7. The van der Waals surface area contributed by atoms with Crippen molar-refractivity contribution >= 4 is 11.9 Å². The van der Waals surface area contributed by atoms with E-state index < -0.39 is 23.9 Å². The lowest BCUT2D eigenvalue weighted by Crippen LogP contribution is -2.36. The number of ether oxygens (including phenoxy) is 2. The number of halogens is 3. The Morgan fingerprint density at radius 1 is 1.21 bits per heavy atom. The Bertz CT molecular complexity index is 805. The maximum absolute atomic E-state index is 12.5. The lowest BCUT2D eigenvalue weighted by atomic mass is 10.1. The summed E-state index contributed by atoms with van der Waals surface area (Å²) in [7, 11) is 1.49. The Balaban J connectivity index is 2.08. The first kappa shape index (κ1) is 21.4. The van der Waals surface area contributed by atoms with Crippen molar-refractivity contribution in [3.63, 3.8) is 0 Å². The van der Waals surface area contributed by atoms with Gasteiger partial charge in [-0.25, -0.2) is 0 Å². The number of amides is 1. The molecular weight excluding hydrogens is 383 g/mol. The highest BCUT2D eigenvalue weighted by molar-refractivity contribution is 5.80. The monoisotopic (exact) mass is 401 g/mol. The van der Waals surface area contributed by atoms with E-state index in [9.17, 15) is 22.8 Å². The minimum atomic E-state index is -4.71. The van der Waals surface area contributed by atoms with Crippen molar-refractivity contribution in [1.82, 2.24) is 15.0 Å². The van der Waals surface area contributed by atoms with Gasteiger partial charge in [-0.05, 0) is 5.56 Å². The van der Waals surface area contributed by atoms with Crippen LogP contribution in [0.1, 0.15) is 18.4 Å². The fraction of sp³-hybridized carbons (Fsp3) is 0.412. The number of benzene rings is 1. The van der Waals surface area contributed by atoms with Crippen LogP contribution in [0.25, 0.3) is 11.4 Å². The number of alkyl halides is 3. The van der Waals surface area contributed by atoms with Crippen LogP contribution < -0.4 is 0 Å². The number of carbonyl (C=O) groups excluding carboxylic acids is 2. The summed E-state index contributed by atoms with van der Waals surface area (Å²) in [6.45, 7) is 1.57. The molecule has 11 heteroatoms. The third-order valence-corrected chi connectivity index (χ3v) is 3.57. The zero-order chi connectivity index (χ0) is 20.7. The number of nitrogens with zero attached hydrogens (tertiary/aromatic N) is 3. The van der Waals surface area contributed by atoms with Gasteiger partial charge in [0.1, 0.15) is 0 Å². The molecule has 1 heterocycles. The molecule has 0 unspecified atom stereocenters. The van der Waals surface area contributed by atoms with Crippen LogP contribution >= 0.6 is 0 Å². The van der Waals surface area contributed by atoms with E-state index in [0.717, 1.165) is 0 Å². The molecule has 0 saturated heterocycles. The van der Waals surface area contributed by atoms with Crippen LogP contribution in [0.15, 0.2) is 28.8 Å². The molecule has 28 heavy (non-hydrogen) atoms.